The molecule has 112 valence electrons. The molecule has 7 heteroatoms. The summed E-state index contributed by atoms with van der Waals surface area (Å²) >= 11 is 0. The molecular weight excluding hydrogens is 284 g/mol. The fourth-order valence-electron chi connectivity index (χ4n) is 2.22. The molecular formula is C15H14N4O3. The van der Waals surface area contributed by atoms with Crippen LogP contribution in [-0.4, -0.2) is 26.2 Å². The number of benzene rings is 1. The molecule has 3 rings (SSSR count). The highest BCUT2D eigenvalue weighted by Gasteiger charge is 2.14. The summed E-state index contributed by atoms with van der Waals surface area (Å²) in [6.45, 7) is 3.86. The Morgan fingerprint density at radius 1 is 1.27 bits per heavy atom. The van der Waals surface area contributed by atoms with E-state index in [0.717, 1.165) is 11.1 Å². The van der Waals surface area contributed by atoms with Crippen LogP contribution in [0.5, 0.6) is 5.75 Å². The quantitative estimate of drug-likeness (QED) is 0.589. The van der Waals surface area contributed by atoms with Crippen molar-refractivity contribution < 1.29 is 9.66 Å². The predicted molar refractivity (Wildman–Crippen MR) is 81.7 cm³/mol. The van der Waals surface area contributed by atoms with Gasteiger partial charge in [0.25, 0.3) is 5.69 Å². The van der Waals surface area contributed by atoms with E-state index in [-0.39, 0.29) is 11.8 Å². The topological polar surface area (TPSA) is 93.9 Å². The largest absolute Gasteiger partial charge is 0.489 e. The number of aromatic amines is 1. The summed E-state index contributed by atoms with van der Waals surface area (Å²) in [5.41, 5.74) is 2.11. The maximum absolute atomic E-state index is 10.9. The standard InChI is InChI=1S/C15H14N4O3/c1-9(2)22-12-5-10(7-16-8-12)15-13-6-11(19(20)21)3-4-14(13)17-18-15/h3-9H,1-2H3,(H,17,18). The monoisotopic (exact) mass is 298 g/mol. The molecule has 0 radical (unpaired) electrons. The van der Waals surface area contributed by atoms with Gasteiger partial charge < -0.3 is 4.74 Å². The second-order valence-corrected chi connectivity index (χ2v) is 5.14. The van der Waals surface area contributed by atoms with E-state index in [2.05, 4.69) is 15.2 Å². The highest BCUT2D eigenvalue weighted by Crippen LogP contribution is 2.30. The molecule has 0 aliphatic rings. The maximum Gasteiger partial charge on any atom is 0.270 e. The highest BCUT2D eigenvalue weighted by atomic mass is 16.6. The molecule has 0 spiro atoms. The van der Waals surface area contributed by atoms with Crippen LogP contribution >= 0.6 is 0 Å². The van der Waals surface area contributed by atoms with Gasteiger partial charge in [-0.05, 0) is 26.0 Å². The third-order valence-electron chi connectivity index (χ3n) is 3.12. The minimum Gasteiger partial charge on any atom is -0.489 e. The van der Waals surface area contributed by atoms with Gasteiger partial charge in [0.1, 0.15) is 11.4 Å². The Morgan fingerprint density at radius 2 is 2.09 bits per heavy atom. The van der Waals surface area contributed by atoms with Crippen molar-refractivity contribution in [1.29, 1.82) is 0 Å². The van der Waals surface area contributed by atoms with Crippen LogP contribution in [0.3, 0.4) is 0 Å². The number of nitrogens with one attached hydrogen (secondary N) is 1. The number of nitro benzene ring substituents is 1. The molecule has 0 atom stereocenters. The molecule has 7 nitrogen and oxygen atoms in total. The molecule has 1 aromatic carbocycles. The van der Waals surface area contributed by atoms with E-state index in [1.807, 2.05) is 19.9 Å². The lowest BCUT2D eigenvalue weighted by Gasteiger charge is -2.09. The van der Waals surface area contributed by atoms with Gasteiger partial charge in [-0.3, -0.25) is 20.2 Å². The molecule has 0 saturated heterocycles. The maximum atomic E-state index is 10.9. The first-order valence-electron chi connectivity index (χ1n) is 6.79. The summed E-state index contributed by atoms with van der Waals surface area (Å²) in [6.07, 6.45) is 3.32. The van der Waals surface area contributed by atoms with Gasteiger partial charge in [-0.1, -0.05) is 0 Å². The van der Waals surface area contributed by atoms with E-state index in [9.17, 15) is 10.1 Å². The molecule has 1 N–H and O–H groups in total. The van der Waals surface area contributed by atoms with E-state index in [0.29, 0.717) is 16.8 Å². The summed E-state index contributed by atoms with van der Waals surface area (Å²) in [6, 6.07) is 6.41. The van der Waals surface area contributed by atoms with Crippen LogP contribution in [-0.2, 0) is 0 Å². The molecule has 2 aromatic heterocycles. The van der Waals surface area contributed by atoms with Gasteiger partial charge in [0, 0.05) is 29.3 Å². The number of hydrogen-bond donors (Lipinski definition) is 1. The Hall–Kier alpha value is -2.96. The number of pyridine rings is 1. The lowest BCUT2D eigenvalue weighted by molar-refractivity contribution is -0.384. The van der Waals surface area contributed by atoms with Crippen molar-refractivity contribution in [2.45, 2.75) is 20.0 Å². The van der Waals surface area contributed by atoms with Crippen molar-refractivity contribution in [3.05, 3.63) is 46.8 Å². The minimum atomic E-state index is -0.424. The molecule has 3 aromatic rings. The fraction of sp³-hybridized carbons (Fsp3) is 0.200. The average Bonchev–Trinajstić information content (AvgIpc) is 2.89. The number of H-pyrrole nitrogens is 1. The fourth-order valence-corrected chi connectivity index (χ4v) is 2.22. The lowest BCUT2D eigenvalue weighted by Crippen LogP contribution is -2.05. The molecule has 0 fully saturated rings. The van der Waals surface area contributed by atoms with Crippen LogP contribution in [0.4, 0.5) is 5.69 Å². The number of fused-ring (bicyclic) bond motifs is 1. The van der Waals surface area contributed by atoms with Gasteiger partial charge >= 0.3 is 0 Å². The molecule has 2 heterocycles. The molecule has 22 heavy (non-hydrogen) atoms. The van der Waals surface area contributed by atoms with Gasteiger partial charge in [0.15, 0.2) is 0 Å². The Balaban J connectivity index is 2.09. The second kappa shape index (κ2) is 5.44. The van der Waals surface area contributed by atoms with Crippen molar-refractivity contribution in [3.8, 4) is 17.0 Å². The average molecular weight is 298 g/mol. The highest BCUT2D eigenvalue weighted by molar-refractivity contribution is 5.94. The Labute approximate surface area is 126 Å². The van der Waals surface area contributed by atoms with Crippen molar-refractivity contribution >= 4 is 16.6 Å². The van der Waals surface area contributed by atoms with Gasteiger partial charge in [0.2, 0.25) is 0 Å². The Bertz CT molecular complexity index is 842. The molecule has 0 bridgehead atoms. The van der Waals surface area contributed by atoms with Crippen LogP contribution < -0.4 is 4.74 Å². The lowest BCUT2D eigenvalue weighted by atomic mass is 10.1. The van der Waals surface area contributed by atoms with Crippen LogP contribution in [0.15, 0.2) is 36.7 Å². The van der Waals surface area contributed by atoms with E-state index in [1.54, 1.807) is 18.5 Å². The van der Waals surface area contributed by atoms with Crippen LogP contribution in [0.1, 0.15) is 13.8 Å². The molecule has 0 unspecified atom stereocenters. The first-order chi connectivity index (χ1) is 10.5. The smallest absolute Gasteiger partial charge is 0.270 e. The molecule has 0 aliphatic carbocycles. The minimum absolute atomic E-state index is 0.0256. The first kappa shape index (κ1) is 14.0. The van der Waals surface area contributed by atoms with E-state index < -0.39 is 4.92 Å². The number of rotatable bonds is 4. The van der Waals surface area contributed by atoms with Gasteiger partial charge in [0.05, 0.1) is 22.7 Å². The number of nitrogens with zero attached hydrogens (tertiary/aromatic N) is 3. The summed E-state index contributed by atoms with van der Waals surface area (Å²) in [4.78, 5) is 14.7. The summed E-state index contributed by atoms with van der Waals surface area (Å²) in [5, 5.41) is 18.7. The molecule has 0 aliphatic heterocycles. The predicted octanol–water partition coefficient (Wildman–Crippen LogP) is 3.32. The summed E-state index contributed by atoms with van der Waals surface area (Å²) in [5.74, 6) is 0.633. The van der Waals surface area contributed by atoms with E-state index in [4.69, 9.17) is 4.74 Å². The zero-order valence-corrected chi connectivity index (χ0v) is 12.1. The number of nitro groups is 1. The zero-order valence-electron chi connectivity index (χ0n) is 12.1. The van der Waals surface area contributed by atoms with Crippen LogP contribution in [0, 0.1) is 10.1 Å². The van der Waals surface area contributed by atoms with Crippen molar-refractivity contribution in [1.82, 2.24) is 15.2 Å². The van der Waals surface area contributed by atoms with Gasteiger partial charge in [-0.25, -0.2) is 0 Å². The summed E-state index contributed by atoms with van der Waals surface area (Å²) < 4.78 is 5.62. The van der Waals surface area contributed by atoms with Crippen molar-refractivity contribution in [3.63, 3.8) is 0 Å². The second-order valence-electron chi connectivity index (χ2n) is 5.14. The SMILES string of the molecule is CC(C)Oc1cncc(-c2n[nH]c3ccc([N+](=O)[O-])cc23)c1. The van der Waals surface area contributed by atoms with Crippen LogP contribution in [0.25, 0.3) is 22.2 Å². The normalized spacial score (nSPS) is 11.0. The van der Waals surface area contributed by atoms with Crippen molar-refractivity contribution in [2.75, 3.05) is 0 Å². The number of non-ortho nitro benzene ring substituents is 1. The van der Waals surface area contributed by atoms with Crippen molar-refractivity contribution in [2.24, 2.45) is 0 Å². The van der Waals surface area contributed by atoms with Gasteiger partial charge in [-0.2, -0.15) is 5.10 Å². The van der Waals surface area contributed by atoms with Crippen LogP contribution in [0.2, 0.25) is 0 Å². The number of hydrogen-bond acceptors (Lipinski definition) is 5. The molecule has 0 amide bonds. The van der Waals surface area contributed by atoms with E-state index >= 15 is 0 Å². The zero-order chi connectivity index (χ0) is 15.7. The third kappa shape index (κ3) is 2.60. The first-order valence-corrected chi connectivity index (χ1v) is 6.79. The third-order valence-corrected chi connectivity index (χ3v) is 3.12. The molecule has 0 saturated carbocycles. The summed E-state index contributed by atoms with van der Waals surface area (Å²) in [7, 11) is 0. The number of aromatic nitrogens is 3. The van der Waals surface area contributed by atoms with Gasteiger partial charge in [-0.15, -0.1) is 0 Å². The van der Waals surface area contributed by atoms with E-state index in [1.165, 1.54) is 12.1 Å². The Morgan fingerprint density at radius 3 is 2.82 bits per heavy atom. The number of ether oxygens (including phenoxy) is 1. The Kier molecular flexibility index (Phi) is 3.46.